The van der Waals surface area contributed by atoms with Gasteiger partial charge < -0.3 is 19.5 Å². The smallest absolute Gasteiger partial charge is 0.351 e. The van der Waals surface area contributed by atoms with Gasteiger partial charge in [-0.15, -0.1) is 11.3 Å². The maximum atomic E-state index is 12.2. The Hall–Kier alpha value is -3.05. The zero-order chi connectivity index (χ0) is 17.8. The summed E-state index contributed by atoms with van der Waals surface area (Å²) in [5.74, 6) is -0.211. The van der Waals surface area contributed by atoms with Gasteiger partial charge in [0.1, 0.15) is 17.7 Å². The molecule has 1 aliphatic heterocycles. The number of carbonyl (C=O) groups is 2. The molecule has 0 radical (unpaired) electrons. The Kier molecular flexibility index (Phi) is 4.86. The molecule has 0 fully saturated rings. The lowest BCUT2D eigenvalue weighted by Crippen LogP contribution is -2.41. The van der Waals surface area contributed by atoms with Gasteiger partial charge in [0.2, 0.25) is 6.10 Å². The number of ether oxygens (including phenoxy) is 3. The van der Waals surface area contributed by atoms with Gasteiger partial charge in [0.15, 0.2) is 17.6 Å². The second kappa shape index (κ2) is 7.23. The van der Waals surface area contributed by atoms with E-state index in [2.05, 4.69) is 5.32 Å². The number of nitrogens with zero attached hydrogens (tertiary/aromatic N) is 1. The van der Waals surface area contributed by atoms with Crippen LogP contribution < -0.4 is 14.8 Å². The van der Waals surface area contributed by atoms with Gasteiger partial charge in [-0.25, -0.2) is 4.79 Å². The molecule has 2 atom stereocenters. The van der Waals surface area contributed by atoms with Crippen LogP contribution in [0.2, 0.25) is 0 Å². The van der Waals surface area contributed by atoms with Crippen molar-refractivity contribution in [2.75, 3.05) is 11.9 Å². The third kappa shape index (κ3) is 3.72. The zero-order valence-corrected chi connectivity index (χ0v) is 14.0. The van der Waals surface area contributed by atoms with Crippen LogP contribution in [0.5, 0.6) is 11.5 Å². The highest BCUT2D eigenvalue weighted by Gasteiger charge is 2.31. The SMILES string of the molecule is C[C@H](OC(=O)[C@H]1COc2ccccc2O1)C(=O)Nc1sccc1C#N. The summed E-state index contributed by atoms with van der Waals surface area (Å²) < 4.78 is 16.2. The number of hydrogen-bond acceptors (Lipinski definition) is 7. The van der Waals surface area contributed by atoms with Crippen LogP contribution in [0.15, 0.2) is 35.7 Å². The van der Waals surface area contributed by atoms with Crippen molar-refractivity contribution in [1.29, 1.82) is 5.26 Å². The first-order chi connectivity index (χ1) is 12.1. The summed E-state index contributed by atoms with van der Waals surface area (Å²) in [5.41, 5.74) is 0.359. The summed E-state index contributed by atoms with van der Waals surface area (Å²) in [5, 5.41) is 13.6. The number of nitrogens with one attached hydrogen (secondary N) is 1. The van der Waals surface area contributed by atoms with Gasteiger partial charge in [-0.2, -0.15) is 5.26 Å². The molecule has 1 aliphatic rings. The van der Waals surface area contributed by atoms with Gasteiger partial charge >= 0.3 is 5.97 Å². The Balaban J connectivity index is 1.58. The van der Waals surface area contributed by atoms with Crippen molar-refractivity contribution in [2.24, 2.45) is 0 Å². The number of rotatable bonds is 4. The quantitative estimate of drug-likeness (QED) is 0.843. The lowest BCUT2D eigenvalue weighted by molar-refractivity contribution is -0.162. The van der Waals surface area contributed by atoms with Crippen LogP contribution >= 0.6 is 11.3 Å². The summed E-state index contributed by atoms with van der Waals surface area (Å²) >= 11 is 1.22. The molecular formula is C17H14N2O5S. The van der Waals surface area contributed by atoms with Gasteiger partial charge in [-0.3, -0.25) is 4.79 Å². The maximum Gasteiger partial charge on any atom is 0.351 e. The van der Waals surface area contributed by atoms with Crippen LogP contribution in [-0.2, 0) is 14.3 Å². The van der Waals surface area contributed by atoms with E-state index in [-0.39, 0.29) is 6.61 Å². The van der Waals surface area contributed by atoms with Crippen LogP contribution in [0, 0.1) is 11.3 Å². The largest absolute Gasteiger partial charge is 0.485 e. The van der Waals surface area contributed by atoms with E-state index >= 15 is 0 Å². The fourth-order valence-corrected chi connectivity index (χ4v) is 2.89. The van der Waals surface area contributed by atoms with Gasteiger partial charge in [0, 0.05) is 0 Å². The predicted octanol–water partition coefficient (Wildman–Crippen LogP) is 2.33. The number of anilines is 1. The van der Waals surface area contributed by atoms with E-state index in [0.717, 1.165) is 0 Å². The molecule has 128 valence electrons. The molecule has 0 spiro atoms. The minimum absolute atomic E-state index is 0.00763. The zero-order valence-electron chi connectivity index (χ0n) is 13.2. The van der Waals surface area contributed by atoms with Gasteiger partial charge in [-0.1, -0.05) is 12.1 Å². The number of amides is 1. The first-order valence-electron chi connectivity index (χ1n) is 7.46. The minimum Gasteiger partial charge on any atom is -0.485 e. The highest BCUT2D eigenvalue weighted by Crippen LogP contribution is 2.31. The number of thiophene rings is 1. The molecule has 1 aromatic heterocycles. The number of benzene rings is 1. The Bertz CT molecular complexity index is 842. The maximum absolute atomic E-state index is 12.2. The second-order valence-corrected chi connectivity index (χ2v) is 6.12. The standard InChI is InChI=1S/C17H14N2O5S/c1-10(15(20)19-16-11(8-18)6-7-25-16)23-17(21)14-9-22-12-4-2-3-5-13(12)24-14/h2-7,10,14H,9H2,1H3,(H,19,20)/t10-,14+/m0/s1. The first kappa shape index (κ1) is 16.8. The summed E-state index contributed by atoms with van der Waals surface area (Å²) in [6, 6.07) is 10.6. The fraction of sp³-hybridized carbons (Fsp3) is 0.235. The van der Waals surface area contributed by atoms with Crippen molar-refractivity contribution in [3.05, 3.63) is 41.3 Å². The number of esters is 1. The van der Waals surface area contributed by atoms with E-state index in [4.69, 9.17) is 19.5 Å². The lowest BCUT2D eigenvalue weighted by atomic mass is 10.2. The van der Waals surface area contributed by atoms with Crippen LogP contribution in [0.25, 0.3) is 0 Å². The number of nitriles is 1. The topological polar surface area (TPSA) is 97.7 Å². The molecule has 1 N–H and O–H groups in total. The Morgan fingerprint density at radius 3 is 2.88 bits per heavy atom. The summed E-state index contributed by atoms with van der Waals surface area (Å²) in [6.07, 6.45) is -1.98. The average molecular weight is 358 g/mol. The number of fused-ring (bicyclic) bond motifs is 1. The van der Waals surface area contributed by atoms with Crippen LogP contribution in [0.3, 0.4) is 0 Å². The molecule has 0 unspecified atom stereocenters. The molecule has 0 bridgehead atoms. The Morgan fingerprint density at radius 2 is 2.12 bits per heavy atom. The number of para-hydroxylation sites is 2. The molecule has 3 rings (SSSR count). The number of hydrogen-bond donors (Lipinski definition) is 1. The second-order valence-electron chi connectivity index (χ2n) is 5.21. The van der Waals surface area contributed by atoms with Crippen LogP contribution in [0.4, 0.5) is 5.00 Å². The van der Waals surface area contributed by atoms with Crippen molar-refractivity contribution in [3.8, 4) is 17.6 Å². The van der Waals surface area contributed by atoms with Crippen LogP contribution in [-0.4, -0.2) is 30.7 Å². The van der Waals surface area contributed by atoms with E-state index in [1.165, 1.54) is 18.3 Å². The predicted molar refractivity (Wildman–Crippen MR) is 89.6 cm³/mol. The molecule has 7 nitrogen and oxygen atoms in total. The third-order valence-corrected chi connectivity index (χ3v) is 4.29. The average Bonchev–Trinajstić information content (AvgIpc) is 3.08. The Morgan fingerprint density at radius 1 is 1.36 bits per heavy atom. The van der Waals surface area contributed by atoms with Gasteiger partial charge in [0.25, 0.3) is 5.91 Å². The van der Waals surface area contributed by atoms with E-state index in [0.29, 0.717) is 22.1 Å². The van der Waals surface area contributed by atoms with Crippen molar-refractivity contribution in [2.45, 2.75) is 19.1 Å². The van der Waals surface area contributed by atoms with Crippen molar-refractivity contribution in [3.63, 3.8) is 0 Å². The molecule has 2 heterocycles. The molecule has 2 aromatic rings. The van der Waals surface area contributed by atoms with Crippen molar-refractivity contribution >= 4 is 28.2 Å². The van der Waals surface area contributed by atoms with Crippen molar-refractivity contribution < 1.29 is 23.8 Å². The first-order valence-corrected chi connectivity index (χ1v) is 8.34. The summed E-state index contributed by atoms with van der Waals surface area (Å²) in [7, 11) is 0. The third-order valence-electron chi connectivity index (χ3n) is 3.46. The lowest BCUT2D eigenvalue weighted by Gasteiger charge is -2.25. The Labute approximate surface area is 147 Å². The van der Waals surface area contributed by atoms with E-state index in [9.17, 15) is 9.59 Å². The van der Waals surface area contributed by atoms with Crippen molar-refractivity contribution in [1.82, 2.24) is 0 Å². The minimum atomic E-state index is -1.04. The molecular weight excluding hydrogens is 344 g/mol. The highest BCUT2D eigenvalue weighted by molar-refractivity contribution is 7.14. The molecule has 0 saturated heterocycles. The molecule has 1 aromatic carbocycles. The normalized spacial score (nSPS) is 16.4. The van der Waals surface area contributed by atoms with Crippen LogP contribution in [0.1, 0.15) is 12.5 Å². The summed E-state index contributed by atoms with van der Waals surface area (Å²) in [4.78, 5) is 24.3. The highest BCUT2D eigenvalue weighted by atomic mass is 32.1. The number of carbonyl (C=O) groups excluding carboxylic acids is 2. The molecule has 1 amide bonds. The molecule has 25 heavy (non-hydrogen) atoms. The molecule has 0 saturated carbocycles. The van der Waals surface area contributed by atoms with E-state index in [1.54, 1.807) is 35.7 Å². The fourth-order valence-electron chi connectivity index (χ4n) is 2.15. The van der Waals surface area contributed by atoms with Gasteiger partial charge in [-0.05, 0) is 30.5 Å². The van der Waals surface area contributed by atoms with E-state index < -0.39 is 24.1 Å². The molecule has 8 heteroatoms. The van der Waals surface area contributed by atoms with Gasteiger partial charge in [0.05, 0.1) is 5.56 Å². The van der Waals surface area contributed by atoms with E-state index in [1.807, 2.05) is 6.07 Å². The summed E-state index contributed by atoms with van der Waals surface area (Å²) in [6.45, 7) is 1.46. The monoisotopic (exact) mass is 358 g/mol. The molecule has 0 aliphatic carbocycles.